The van der Waals surface area contributed by atoms with Crippen molar-refractivity contribution in [1.29, 1.82) is 0 Å². The molecular weight excluding hydrogens is 887 g/mol. The molecule has 332 valence electrons. The van der Waals surface area contributed by atoms with Crippen LogP contribution in [0.25, 0.3) is 11.2 Å². The smallest absolute Gasteiger partial charge is 0.481 e. The number of nitrogens with two attached hydrogens (primary N) is 1. The average Bonchev–Trinajstić information content (AvgIpc) is 3.71. The van der Waals surface area contributed by atoms with E-state index in [2.05, 4.69) is 33.8 Å². The lowest BCUT2D eigenvalue weighted by Gasteiger charge is -2.34. The number of thioether (sulfide) groups is 1. The molecule has 0 amide bonds. The molecule has 1 saturated heterocycles. The fourth-order valence-corrected chi connectivity index (χ4v) is 8.58. The number of carbonyl (C=O) groups excluding carboxylic acids is 2. The van der Waals surface area contributed by atoms with Gasteiger partial charge < -0.3 is 70.1 Å². The fraction of sp³-hybridized carbons (Fsp3) is 0.500. The van der Waals surface area contributed by atoms with Crippen LogP contribution in [0.4, 0.5) is 5.82 Å². The van der Waals surface area contributed by atoms with Crippen molar-refractivity contribution in [2.24, 2.45) is 15.4 Å². The molecule has 1 aromatic carbocycles. The molecule has 0 spiro atoms. The van der Waals surface area contributed by atoms with Crippen LogP contribution in [0.3, 0.4) is 0 Å². The summed E-state index contributed by atoms with van der Waals surface area (Å²) in [5.74, 6) is -2.62. The summed E-state index contributed by atoms with van der Waals surface area (Å²) in [7, 11) is -16.8. The molecule has 0 radical (unpaired) electrons. The third-order valence-electron chi connectivity index (χ3n) is 8.12. The average molecular weight is 926 g/mol. The van der Waals surface area contributed by atoms with Crippen molar-refractivity contribution in [3.8, 4) is 5.75 Å². The zero-order valence-corrected chi connectivity index (χ0v) is 34.8. The third kappa shape index (κ3) is 14.2. The van der Waals surface area contributed by atoms with E-state index in [4.69, 9.17) is 19.5 Å². The first-order valence-electron chi connectivity index (χ1n) is 17.1. The Bertz CT molecular complexity index is 2200. The van der Waals surface area contributed by atoms with E-state index in [1.54, 1.807) is 0 Å². The van der Waals surface area contributed by atoms with Crippen molar-refractivity contribution in [1.82, 2.24) is 19.5 Å². The van der Waals surface area contributed by atoms with Crippen LogP contribution in [0, 0.1) is 5.41 Å². The standard InChI is InChI=1S/C30H42N7O19P3S/c1-30(2,25(43)28(44)33-8-7-20(40)32-9-10-60-21(41)11-18(39)16-3-5-17(38)6-4-16)13-53-59(50,51)56-58(48,49)52-12-19-24(55-57(45,46)47)23(42)29(54-19)37-15-36-22-26(31)34-14-35-27(22)37/h3-6,14-15,19,23-25,29,38,42-43H,7-13H2,1-2H3,(H,32,40)(H,33,44)(H,48,49)(H,50,51)(H2,31,34,35)(H2,45,46,47)/p-4/t19-,23-,24-,25+,29-/m1/s1. The maximum absolute atomic E-state index is 12.7. The van der Waals surface area contributed by atoms with E-state index in [1.165, 1.54) is 38.1 Å². The number of rotatable bonds is 22. The number of aliphatic hydroxyl groups is 2. The number of Topliss-reactive ketones (excluding diaryl/α,β-unsaturated/α-hetero) is 1. The highest BCUT2D eigenvalue weighted by Gasteiger charge is 2.49. The number of aliphatic hydroxyl groups excluding tert-OH is 2. The van der Waals surface area contributed by atoms with E-state index in [0.29, 0.717) is 0 Å². The maximum atomic E-state index is 12.7. The van der Waals surface area contributed by atoms with Crippen molar-refractivity contribution in [2.45, 2.75) is 57.3 Å². The number of nitrogen functional groups attached to an aromatic ring is 1. The molecule has 30 heteroatoms. The van der Waals surface area contributed by atoms with Gasteiger partial charge in [-0.2, -0.15) is 4.31 Å². The summed E-state index contributed by atoms with van der Waals surface area (Å²) < 4.78 is 61.7. The van der Waals surface area contributed by atoms with E-state index in [0.717, 1.165) is 29.0 Å². The minimum atomic E-state index is -5.62. The zero-order valence-electron chi connectivity index (χ0n) is 31.3. The highest BCUT2D eigenvalue weighted by Crippen LogP contribution is 2.61. The normalized spacial score (nSPS) is 22.5. The molecule has 0 bridgehead atoms. The van der Waals surface area contributed by atoms with Crippen LogP contribution in [0.1, 0.15) is 43.3 Å². The predicted octanol–water partition coefficient (Wildman–Crippen LogP) is -2.34. The summed E-state index contributed by atoms with van der Waals surface area (Å²) in [6, 6.07) is 5.02. The number of phosphoric acid groups is 3. The zero-order chi connectivity index (χ0) is 44.6. The van der Waals surface area contributed by atoms with Gasteiger partial charge in [-0.1, -0.05) is 49.9 Å². The topological polar surface area (TPSA) is 419 Å². The molecule has 3 aromatic rings. The molecule has 26 nitrogen and oxygen atoms in total. The summed E-state index contributed by atoms with van der Waals surface area (Å²) in [6.45, 7) is -0.284. The monoisotopic (exact) mass is 925 g/mol. The molecule has 8 atom stereocenters. The number of ketones is 1. The van der Waals surface area contributed by atoms with E-state index in [-0.39, 0.29) is 47.0 Å². The molecule has 3 unspecified atom stereocenters. The first-order chi connectivity index (χ1) is 27.9. The number of nitrogens with zero attached hydrogens (tertiary/aromatic N) is 6. The second-order valence-corrected chi connectivity index (χ2v) is 18.6. The molecule has 3 heterocycles. The Morgan fingerprint density at radius 2 is 1.72 bits per heavy atom. The third-order valence-corrected chi connectivity index (χ3v) is 12.1. The Kier molecular flexibility index (Phi) is 16.6. The van der Waals surface area contributed by atoms with E-state index >= 15 is 0 Å². The Labute approximate surface area is 343 Å². The summed E-state index contributed by atoms with van der Waals surface area (Å²) in [4.78, 5) is 84.4. The summed E-state index contributed by atoms with van der Waals surface area (Å²) in [5, 5.41) is 56.7. The number of imidazole rings is 1. The molecule has 4 rings (SSSR count). The van der Waals surface area contributed by atoms with Crippen molar-refractivity contribution in [3.63, 3.8) is 0 Å². The second kappa shape index (κ2) is 20.4. The van der Waals surface area contributed by atoms with Crippen molar-refractivity contribution in [2.75, 3.05) is 37.8 Å². The molecule has 0 aliphatic carbocycles. The Balaban J connectivity index is 1.24. The molecule has 1 aliphatic rings. The van der Waals surface area contributed by atoms with E-state index in [1.807, 2.05) is 0 Å². The summed E-state index contributed by atoms with van der Waals surface area (Å²) >= 11 is 0.773. The first kappa shape index (κ1) is 48.9. The van der Waals surface area contributed by atoms with Crippen LogP contribution >= 0.6 is 35.2 Å². The van der Waals surface area contributed by atoms with Gasteiger partial charge in [0.2, 0.25) is 0 Å². The quantitative estimate of drug-likeness (QED) is 0.0154. The minimum absolute atomic E-state index is 0.00155. The number of carbonyl (C=O) groups is 2. The van der Waals surface area contributed by atoms with Crippen LogP contribution in [0.15, 0.2) is 46.9 Å². The number of aliphatic imine (C=N–C) groups is 2. The molecular formula is C30H38N7O19P3S-4. The maximum Gasteiger partial charge on any atom is 0.481 e. The number of ether oxygens (including phenoxy) is 1. The number of fused-ring (bicyclic) bond motifs is 1. The minimum Gasteiger partial charge on any atom is -0.872 e. The highest BCUT2D eigenvalue weighted by molar-refractivity contribution is 8.13. The van der Waals surface area contributed by atoms with E-state index < -0.39 is 108 Å². The van der Waals surface area contributed by atoms with Gasteiger partial charge in [-0.05, 0) is 18.2 Å². The van der Waals surface area contributed by atoms with Gasteiger partial charge in [-0.15, -0.1) is 5.75 Å². The second-order valence-electron chi connectivity index (χ2n) is 13.2. The van der Waals surface area contributed by atoms with Gasteiger partial charge in [0.1, 0.15) is 30.2 Å². The van der Waals surface area contributed by atoms with Gasteiger partial charge in [0.25, 0.3) is 7.82 Å². The van der Waals surface area contributed by atoms with Crippen molar-refractivity contribution in [3.05, 3.63) is 42.5 Å². The molecule has 7 N–H and O–H groups in total. The van der Waals surface area contributed by atoms with Gasteiger partial charge >= 0.3 is 15.6 Å². The van der Waals surface area contributed by atoms with Crippen LogP contribution in [0.2, 0.25) is 0 Å². The van der Waals surface area contributed by atoms with Crippen LogP contribution in [-0.2, 0) is 41.1 Å². The van der Waals surface area contributed by atoms with E-state index in [9.17, 15) is 68.4 Å². The Hall–Kier alpha value is -3.75. The molecule has 60 heavy (non-hydrogen) atoms. The summed E-state index contributed by atoms with van der Waals surface area (Å²) in [6.07, 6.45) is -7.97. The lowest BCUT2D eigenvalue weighted by atomic mass is 9.87. The van der Waals surface area contributed by atoms with Gasteiger partial charge in [0.05, 0.1) is 32.1 Å². The lowest BCUT2D eigenvalue weighted by Crippen LogP contribution is -2.45. The molecule has 1 aliphatic heterocycles. The van der Waals surface area contributed by atoms with Crippen molar-refractivity contribution >= 4 is 74.9 Å². The van der Waals surface area contributed by atoms with Gasteiger partial charge in [0.15, 0.2) is 28.6 Å². The fourth-order valence-electron chi connectivity index (χ4n) is 5.11. The molecule has 0 saturated carbocycles. The molecule has 1 fully saturated rings. The number of aromatic nitrogens is 4. The number of benzene rings is 1. The lowest BCUT2D eigenvalue weighted by molar-refractivity contribution is -0.268. The highest BCUT2D eigenvalue weighted by atomic mass is 32.2. The van der Waals surface area contributed by atoms with Crippen LogP contribution < -0.4 is 25.9 Å². The van der Waals surface area contributed by atoms with Gasteiger partial charge in [0, 0.05) is 29.8 Å². The van der Waals surface area contributed by atoms with Gasteiger partial charge in [-0.3, -0.25) is 27.8 Å². The summed E-state index contributed by atoms with van der Waals surface area (Å²) in [5.41, 5.74) is 4.30. The van der Waals surface area contributed by atoms with Gasteiger partial charge in [-0.25, -0.2) is 24.1 Å². The number of hydrogen-bond donors (Lipinski definition) is 6. The number of hydrogen-bond acceptors (Lipinski definition) is 23. The van der Waals surface area contributed by atoms with Crippen molar-refractivity contribution < 1.29 is 91.0 Å². The molecule has 2 aromatic heterocycles. The SMILES string of the molecule is CC(C)(COP(=O)(O)OP(=O)(O)OC[C@H]1O[C@@H](n2cnc3c(N)ncnc32)[C@H](O)[C@@H]1OP(=O)([O-])O)[C@@H](O)C([O-])=NCCC([O-])=NCCSC(=O)CC(=O)c1ccc([O-])cc1. The number of phosphoric ester groups is 3. The Morgan fingerprint density at radius 1 is 1.05 bits per heavy atom. The Morgan fingerprint density at radius 3 is 2.38 bits per heavy atom. The predicted molar refractivity (Wildman–Crippen MR) is 198 cm³/mol. The largest absolute Gasteiger partial charge is 0.872 e. The first-order valence-corrected chi connectivity index (χ1v) is 22.6. The van der Waals surface area contributed by atoms with Crippen LogP contribution in [-0.4, -0.2) is 124 Å². The van der Waals surface area contributed by atoms with Crippen LogP contribution in [0.5, 0.6) is 5.75 Å². The number of anilines is 1.